The molecular formula is C14H18N2O2. The van der Waals surface area contributed by atoms with Crippen molar-refractivity contribution >= 4 is 5.91 Å². The highest BCUT2D eigenvalue weighted by Crippen LogP contribution is 2.20. The Kier molecular flexibility index (Phi) is 3.30. The number of nitrogens with one attached hydrogen (secondary N) is 2. The SMILES string of the molecule is O=C(N[C@H]1CCCNC1)c1ccc2c(c1)COC2. The van der Waals surface area contributed by atoms with Crippen LogP contribution >= 0.6 is 0 Å². The number of piperidine rings is 1. The average Bonchev–Trinajstić information content (AvgIpc) is 2.87. The Labute approximate surface area is 107 Å². The summed E-state index contributed by atoms with van der Waals surface area (Å²) >= 11 is 0. The summed E-state index contributed by atoms with van der Waals surface area (Å²) in [5.74, 6) is 0.0263. The van der Waals surface area contributed by atoms with Gasteiger partial charge >= 0.3 is 0 Å². The molecule has 1 aromatic carbocycles. The Morgan fingerprint density at radius 1 is 1.33 bits per heavy atom. The molecule has 3 rings (SSSR count). The molecule has 0 spiro atoms. The largest absolute Gasteiger partial charge is 0.372 e. The fraction of sp³-hybridized carbons (Fsp3) is 0.500. The molecule has 0 aromatic heterocycles. The van der Waals surface area contributed by atoms with Crippen LogP contribution < -0.4 is 10.6 Å². The van der Waals surface area contributed by atoms with Gasteiger partial charge in [0, 0.05) is 18.2 Å². The van der Waals surface area contributed by atoms with Crippen molar-refractivity contribution in [2.24, 2.45) is 0 Å². The molecule has 4 nitrogen and oxygen atoms in total. The second-order valence-corrected chi connectivity index (χ2v) is 4.99. The monoisotopic (exact) mass is 246 g/mol. The van der Waals surface area contributed by atoms with Crippen molar-refractivity contribution in [3.8, 4) is 0 Å². The first-order valence-corrected chi connectivity index (χ1v) is 6.54. The predicted molar refractivity (Wildman–Crippen MR) is 68.3 cm³/mol. The van der Waals surface area contributed by atoms with Gasteiger partial charge in [-0.1, -0.05) is 6.07 Å². The molecule has 1 saturated heterocycles. The van der Waals surface area contributed by atoms with Crippen molar-refractivity contribution in [3.63, 3.8) is 0 Å². The number of hydrogen-bond acceptors (Lipinski definition) is 3. The molecule has 0 unspecified atom stereocenters. The minimum Gasteiger partial charge on any atom is -0.372 e. The van der Waals surface area contributed by atoms with Crippen molar-refractivity contribution in [1.29, 1.82) is 0 Å². The summed E-state index contributed by atoms with van der Waals surface area (Å²) in [7, 11) is 0. The number of fused-ring (bicyclic) bond motifs is 1. The van der Waals surface area contributed by atoms with E-state index in [0.29, 0.717) is 13.2 Å². The van der Waals surface area contributed by atoms with Gasteiger partial charge in [-0.3, -0.25) is 4.79 Å². The summed E-state index contributed by atoms with van der Waals surface area (Å²) in [6.07, 6.45) is 2.19. The molecule has 18 heavy (non-hydrogen) atoms. The van der Waals surface area contributed by atoms with Crippen LogP contribution in [0.15, 0.2) is 18.2 Å². The Hall–Kier alpha value is -1.39. The van der Waals surface area contributed by atoms with E-state index in [1.54, 1.807) is 0 Å². The van der Waals surface area contributed by atoms with E-state index in [4.69, 9.17) is 4.74 Å². The van der Waals surface area contributed by atoms with E-state index in [0.717, 1.165) is 37.1 Å². The number of carbonyl (C=O) groups is 1. The average molecular weight is 246 g/mol. The highest BCUT2D eigenvalue weighted by atomic mass is 16.5. The maximum Gasteiger partial charge on any atom is 0.251 e. The normalized spacial score (nSPS) is 22.6. The second-order valence-electron chi connectivity index (χ2n) is 4.99. The number of ether oxygens (including phenoxy) is 1. The molecule has 4 heteroatoms. The highest BCUT2D eigenvalue weighted by molar-refractivity contribution is 5.94. The molecule has 1 aromatic rings. The van der Waals surface area contributed by atoms with Crippen LogP contribution in [0.4, 0.5) is 0 Å². The first kappa shape index (κ1) is 11.7. The van der Waals surface area contributed by atoms with Gasteiger partial charge in [-0.15, -0.1) is 0 Å². The lowest BCUT2D eigenvalue weighted by molar-refractivity contribution is 0.0930. The van der Waals surface area contributed by atoms with Gasteiger partial charge in [0.05, 0.1) is 13.2 Å². The zero-order chi connectivity index (χ0) is 12.4. The number of carbonyl (C=O) groups excluding carboxylic acids is 1. The predicted octanol–water partition coefficient (Wildman–Crippen LogP) is 1.20. The Bertz CT molecular complexity index is 453. The number of hydrogen-bond donors (Lipinski definition) is 2. The van der Waals surface area contributed by atoms with Gasteiger partial charge in [-0.2, -0.15) is 0 Å². The Morgan fingerprint density at radius 3 is 3.06 bits per heavy atom. The van der Waals surface area contributed by atoms with E-state index >= 15 is 0 Å². The molecule has 0 radical (unpaired) electrons. The van der Waals surface area contributed by atoms with Gasteiger partial charge in [0.2, 0.25) is 0 Å². The zero-order valence-electron chi connectivity index (χ0n) is 10.4. The van der Waals surface area contributed by atoms with Gasteiger partial charge in [0.15, 0.2) is 0 Å². The maximum absolute atomic E-state index is 12.1. The molecule has 1 atom stereocenters. The molecule has 0 aliphatic carbocycles. The summed E-state index contributed by atoms with van der Waals surface area (Å²) in [5, 5.41) is 6.38. The minimum atomic E-state index is 0.0263. The number of amides is 1. The third-order valence-electron chi connectivity index (χ3n) is 3.62. The Balaban J connectivity index is 1.68. The maximum atomic E-state index is 12.1. The van der Waals surface area contributed by atoms with Crippen LogP contribution in [0.2, 0.25) is 0 Å². The van der Waals surface area contributed by atoms with Crippen molar-refractivity contribution in [2.45, 2.75) is 32.1 Å². The van der Waals surface area contributed by atoms with Crippen molar-refractivity contribution in [3.05, 3.63) is 34.9 Å². The van der Waals surface area contributed by atoms with Gasteiger partial charge in [0.25, 0.3) is 5.91 Å². The van der Waals surface area contributed by atoms with Crippen LogP contribution in [0.3, 0.4) is 0 Å². The summed E-state index contributed by atoms with van der Waals surface area (Å²) in [4.78, 5) is 12.1. The third-order valence-corrected chi connectivity index (χ3v) is 3.62. The quantitative estimate of drug-likeness (QED) is 0.824. The van der Waals surface area contributed by atoms with E-state index in [1.165, 1.54) is 5.56 Å². The lowest BCUT2D eigenvalue weighted by atomic mass is 10.0. The Morgan fingerprint density at radius 2 is 2.22 bits per heavy atom. The minimum absolute atomic E-state index is 0.0263. The van der Waals surface area contributed by atoms with Crippen LogP contribution in [0.5, 0.6) is 0 Å². The van der Waals surface area contributed by atoms with E-state index in [-0.39, 0.29) is 11.9 Å². The van der Waals surface area contributed by atoms with E-state index in [9.17, 15) is 4.79 Å². The first-order chi connectivity index (χ1) is 8.83. The summed E-state index contributed by atoms with van der Waals surface area (Å²) in [6, 6.07) is 6.10. The van der Waals surface area contributed by atoms with Crippen LogP contribution in [0.25, 0.3) is 0 Å². The molecule has 2 aliphatic rings. The van der Waals surface area contributed by atoms with Gasteiger partial charge < -0.3 is 15.4 Å². The molecule has 0 saturated carbocycles. The van der Waals surface area contributed by atoms with Gasteiger partial charge in [-0.25, -0.2) is 0 Å². The van der Waals surface area contributed by atoms with E-state index in [1.807, 2.05) is 18.2 Å². The van der Waals surface area contributed by atoms with Crippen molar-refractivity contribution in [2.75, 3.05) is 13.1 Å². The second kappa shape index (κ2) is 5.08. The number of rotatable bonds is 2. The standard InChI is InChI=1S/C14H18N2O2/c17-14(16-13-2-1-5-15-7-13)10-3-4-11-8-18-9-12(11)6-10/h3-4,6,13,15H,1-2,5,7-9H2,(H,16,17)/t13-/m0/s1. The third kappa shape index (κ3) is 2.40. The topological polar surface area (TPSA) is 50.4 Å². The molecule has 96 valence electrons. The smallest absolute Gasteiger partial charge is 0.251 e. The van der Waals surface area contributed by atoms with Crippen LogP contribution in [-0.4, -0.2) is 25.0 Å². The summed E-state index contributed by atoms with van der Waals surface area (Å²) < 4.78 is 5.36. The lowest BCUT2D eigenvalue weighted by Gasteiger charge is -2.23. The number of benzene rings is 1. The molecular weight excluding hydrogens is 228 g/mol. The van der Waals surface area contributed by atoms with Crippen LogP contribution in [0, 0.1) is 0 Å². The van der Waals surface area contributed by atoms with E-state index in [2.05, 4.69) is 10.6 Å². The van der Waals surface area contributed by atoms with Gasteiger partial charge in [0.1, 0.15) is 0 Å². The molecule has 1 fully saturated rings. The fourth-order valence-corrected chi connectivity index (χ4v) is 2.56. The molecule has 0 bridgehead atoms. The molecule has 2 N–H and O–H groups in total. The molecule has 2 heterocycles. The first-order valence-electron chi connectivity index (χ1n) is 6.54. The van der Waals surface area contributed by atoms with Crippen molar-refractivity contribution < 1.29 is 9.53 Å². The summed E-state index contributed by atoms with van der Waals surface area (Å²) in [6.45, 7) is 3.23. The summed E-state index contributed by atoms with van der Waals surface area (Å²) in [5.41, 5.74) is 3.08. The lowest BCUT2D eigenvalue weighted by Crippen LogP contribution is -2.45. The van der Waals surface area contributed by atoms with E-state index < -0.39 is 0 Å². The van der Waals surface area contributed by atoms with Gasteiger partial charge in [-0.05, 0) is 42.6 Å². The van der Waals surface area contributed by atoms with Crippen molar-refractivity contribution in [1.82, 2.24) is 10.6 Å². The highest BCUT2D eigenvalue weighted by Gasteiger charge is 2.18. The molecule has 2 aliphatic heterocycles. The van der Waals surface area contributed by atoms with Crippen LogP contribution in [-0.2, 0) is 18.0 Å². The zero-order valence-corrected chi connectivity index (χ0v) is 10.4. The molecule has 1 amide bonds. The van der Waals surface area contributed by atoms with Crippen LogP contribution in [0.1, 0.15) is 34.3 Å². The fourth-order valence-electron chi connectivity index (χ4n) is 2.56.